The first-order valence-electron chi connectivity index (χ1n) is 6.33. The van der Waals surface area contributed by atoms with Crippen LogP contribution >= 0.6 is 0 Å². The first kappa shape index (κ1) is 14.0. The number of hydrogen-bond acceptors (Lipinski definition) is 3. The molecule has 1 amide bonds. The molecule has 5 nitrogen and oxygen atoms in total. The van der Waals surface area contributed by atoms with E-state index in [-0.39, 0.29) is 16.8 Å². The molecule has 0 radical (unpaired) electrons. The lowest BCUT2D eigenvalue weighted by atomic mass is 10.1. The SMILES string of the molecule is CNC(=O)CCc1ccc(S(=O)(=O)NC2CC2)cc1. The van der Waals surface area contributed by atoms with E-state index >= 15 is 0 Å². The van der Waals surface area contributed by atoms with Gasteiger partial charge < -0.3 is 5.32 Å². The summed E-state index contributed by atoms with van der Waals surface area (Å²) in [6.07, 6.45) is 2.85. The Labute approximate surface area is 113 Å². The van der Waals surface area contributed by atoms with Crippen LogP contribution in [0, 0.1) is 0 Å². The molecule has 2 N–H and O–H groups in total. The van der Waals surface area contributed by atoms with Gasteiger partial charge in [0, 0.05) is 19.5 Å². The van der Waals surface area contributed by atoms with E-state index in [2.05, 4.69) is 10.0 Å². The maximum Gasteiger partial charge on any atom is 0.240 e. The molecule has 1 fully saturated rings. The number of benzene rings is 1. The summed E-state index contributed by atoms with van der Waals surface area (Å²) in [5.41, 5.74) is 0.953. The summed E-state index contributed by atoms with van der Waals surface area (Å²) in [5, 5.41) is 2.55. The zero-order valence-electron chi connectivity index (χ0n) is 10.8. The Balaban J connectivity index is 1.99. The maximum atomic E-state index is 11.9. The Bertz CT molecular complexity index is 548. The van der Waals surface area contributed by atoms with Gasteiger partial charge in [0.1, 0.15) is 0 Å². The summed E-state index contributed by atoms with van der Waals surface area (Å²) in [4.78, 5) is 11.4. The second-order valence-corrected chi connectivity index (χ2v) is 6.43. The average molecular weight is 282 g/mol. The van der Waals surface area contributed by atoms with Gasteiger partial charge in [-0.2, -0.15) is 0 Å². The summed E-state index contributed by atoms with van der Waals surface area (Å²) >= 11 is 0. The van der Waals surface area contributed by atoms with Crippen LogP contribution in [0.4, 0.5) is 0 Å². The van der Waals surface area contributed by atoms with Crippen LogP contribution < -0.4 is 10.0 Å². The predicted octanol–water partition coefficient (Wildman–Crippen LogP) is 0.806. The van der Waals surface area contributed by atoms with E-state index in [4.69, 9.17) is 0 Å². The van der Waals surface area contributed by atoms with Crippen LogP contribution in [0.5, 0.6) is 0 Å². The number of carbonyl (C=O) groups is 1. The number of nitrogens with one attached hydrogen (secondary N) is 2. The van der Waals surface area contributed by atoms with Gasteiger partial charge in [0.2, 0.25) is 15.9 Å². The van der Waals surface area contributed by atoms with Crippen LogP contribution in [0.25, 0.3) is 0 Å². The van der Waals surface area contributed by atoms with E-state index in [1.165, 1.54) is 0 Å². The Morgan fingerprint density at radius 2 is 1.89 bits per heavy atom. The lowest BCUT2D eigenvalue weighted by molar-refractivity contribution is -0.120. The Morgan fingerprint density at radius 3 is 2.42 bits per heavy atom. The van der Waals surface area contributed by atoms with Gasteiger partial charge in [-0.3, -0.25) is 4.79 Å². The highest BCUT2D eigenvalue weighted by molar-refractivity contribution is 7.89. The summed E-state index contributed by atoms with van der Waals surface area (Å²) in [6.45, 7) is 0. The third-order valence-corrected chi connectivity index (χ3v) is 4.59. The van der Waals surface area contributed by atoms with Crippen LogP contribution in [0.1, 0.15) is 24.8 Å². The molecule has 0 saturated heterocycles. The standard InChI is InChI=1S/C13H18N2O3S/c1-14-13(16)9-4-10-2-7-12(8-3-10)19(17,18)15-11-5-6-11/h2-3,7-8,11,15H,4-6,9H2,1H3,(H,14,16). The van der Waals surface area contributed by atoms with Crippen LogP contribution in [-0.4, -0.2) is 27.4 Å². The fraction of sp³-hybridized carbons (Fsp3) is 0.462. The quantitative estimate of drug-likeness (QED) is 0.810. The van der Waals surface area contributed by atoms with Crippen molar-refractivity contribution in [2.75, 3.05) is 7.05 Å². The maximum absolute atomic E-state index is 11.9. The number of sulfonamides is 1. The summed E-state index contributed by atoms with van der Waals surface area (Å²) in [5.74, 6) is -0.0212. The third-order valence-electron chi connectivity index (χ3n) is 3.05. The van der Waals surface area contributed by atoms with Crippen LogP contribution in [-0.2, 0) is 21.2 Å². The summed E-state index contributed by atoms with van der Waals surface area (Å²) in [7, 11) is -1.78. The van der Waals surface area contributed by atoms with Crippen molar-refractivity contribution in [1.82, 2.24) is 10.0 Å². The topological polar surface area (TPSA) is 75.3 Å². The normalized spacial score (nSPS) is 15.2. The highest BCUT2D eigenvalue weighted by Gasteiger charge is 2.27. The Morgan fingerprint density at radius 1 is 1.26 bits per heavy atom. The minimum absolute atomic E-state index is 0.0212. The summed E-state index contributed by atoms with van der Waals surface area (Å²) < 4.78 is 26.5. The molecule has 1 aromatic rings. The van der Waals surface area contributed by atoms with Gasteiger partial charge in [-0.25, -0.2) is 13.1 Å². The smallest absolute Gasteiger partial charge is 0.240 e. The van der Waals surface area contributed by atoms with Crippen molar-refractivity contribution >= 4 is 15.9 Å². The molecule has 0 aromatic heterocycles. The van der Waals surface area contributed by atoms with Crippen molar-refractivity contribution in [3.63, 3.8) is 0 Å². The lowest BCUT2D eigenvalue weighted by Gasteiger charge is -2.06. The first-order valence-corrected chi connectivity index (χ1v) is 7.81. The molecule has 1 saturated carbocycles. The van der Waals surface area contributed by atoms with Gasteiger partial charge in [0.05, 0.1) is 4.90 Å². The zero-order valence-corrected chi connectivity index (χ0v) is 11.7. The Kier molecular flexibility index (Phi) is 4.21. The van der Waals surface area contributed by atoms with E-state index in [1.54, 1.807) is 31.3 Å². The molecule has 6 heteroatoms. The number of hydrogen-bond donors (Lipinski definition) is 2. The molecule has 0 unspecified atom stereocenters. The molecule has 0 spiro atoms. The number of aryl methyl sites for hydroxylation is 1. The van der Waals surface area contributed by atoms with Crippen molar-refractivity contribution in [3.8, 4) is 0 Å². The average Bonchev–Trinajstić information content (AvgIpc) is 3.19. The molecule has 2 rings (SSSR count). The molecule has 0 atom stereocenters. The van der Waals surface area contributed by atoms with E-state index in [0.29, 0.717) is 12.8 Å². The highest BCUT2D eigenvalue weighted by atomic mass is 32.2. The van der Waals surface area contributed by atoms with Gasteiger partial charge in [0.25, 0.3) is 0 Å². The number of amides is 1. The number of rotatable bonds is 6. The fourth-order valence-corrected chi connectivity index (χ4v) is 3.01. The molecule has 1 aliphatic carbocycles. The van der Waals surface area contributed by atoms with Gasteiger partial charge in [-0.1, -0.05) is 12.1 Å². The van der Waals surface area contributed by atoms with Crippen molar-refractivity contribution < 1.29 is 13.2 Å². The molecular weight excluding hydrogens is 264 g/mol. The molecule has 0 aliphatic heterocycles. The van der Waals surface area contributed by atoms with E-state index in [0.717, 1.165) is 18.4 Å². The molecule has 104 valence electrons. The van der Waals surface area contributed by atoms with E-state index in [9.17, 15) is 13.2 Å². The van der Waals surface area contributed by atoms with Crippen molar-refractivity contribution in [3.05, 3.63) is 29.8 Å². The molecule has 0 heterocycles. The van der Waals surface area contributed by atoms with Gasteiger partial charge in [0.15, 0.2) is 0 Å². The van der Waals surface area contributed by atoms with E-state index < -0.39 is 10.0 Å². The van der Waals surface area contributed by atoms with Crippen LogP contribution in [0.3, 0.4) is 0 Å². The fourth-order valence-electron chi connectivity index (χ4n) is 1.71. The predicted molar refractivity (Wildman–Crippen MR) is 72.2 cm³/mol. The van der Waals surface area contributed by atoms with Crippen molar-refractivity contribution in [1.29, 1.82) is 0 Å². The number of carbonyl (C=O) groups excluding carboxylic acids is 1. The molecule has 0 bridgehead atoms. The summed E-state index contributed by atoms with van der Waals surface area (Å²) in [6, 6.07) is 6.79. The van der Waals surface area contributed by atoms with Gasteiger partial charge >= 0.3 is 0 Å². The largest absolute Gasteiger partial charge is 0.359 e. The lowest BCUT2D eigenvalue weighted by Crippen LogP contribution is -2.25. The third kappa shape index (κ3) is 4.04. The first-order chi connectivity index (χ1) is 9.01. The molecule has 19 heavy (non-hydrogen) atoms. The zero-order chi connectivity index (χ0) is 13.9. The Hall–Kier alpha value is -1.40. The minimum Gasteiger partial charge on any atom is -0.359 e. The highest BCUT2D eigenvalue weighted by Crippen LogP contribution is 2.22. The van der Waals surface area contributed by atoms with Crippen LogP contribution in [0.15, 0.2) is 29.2 Å². The van der Waals surface area contributed by atoms with E-state index in [1.807, 2.05) is 0 Å². The monoisotopic (exact) mass is 282 g/mol. The van der Waals surface area contributed by atoms with Crippen molar-refractivity contribution in [2.24, 2.45) is 0 Å². The minimum atomic E-state index is -3.38. The van der Waals surface area contributed by atoms with Gasteiger partial charge in [-0.15, -0.1) is 0 Å². The second kappa shape index (κ2) is 5.71. The molecule has 1 aromatic carbocycles. The van der Waals surface area contributed by atoms with Gasteiger partial charge in [-0.05, 0) is 37.0 Å². The second-order valence-electron chi connectivity index (χ2n) is 4.71. The van der Waals surface area contributed by atoms with Crippen LogP contribution in [0.2, 0.25) is 0 Å². The molecule has 1 aliphatic rings. The van der Waals surface area contributed by atoms with Crippen molar-refractivity contribution in [2.45, 2.75) is 36.6 Å². The molecular formula is C13H18N2O3S.